The molecule has 0 aliphatic carbocycles. The number of methoxy groups -OCH3 is 1. The molecule has 6 heteroatoms. The number of nitro groups is 1. The molecule has 1 atom stereocenters. The Bertz CT molecular complexity index is 483. The molecule has 1 rings (SSSR count). The van der Waals surface area contributed by atoms with Gasteiger partial charge in [-0.2, -0.15) is 0 Å². The Morgan fingerprint density at radius 1 is 1.39 bits per heavy atom. The van der Waals surface area contributed by atoms with Gasteiger partial charge in [0.1, 0.15) is 0 Å². The number of para-hydroxylation sites is 1. The van der Waals surface area contributed by atoms with Gasteiger partial charge in [0.05, 0.1) is 23.5 Å². The number of esters is 1. The first-order chi connectivity index (χ1) is 8.47. The second-order valence-electron chi connectivity index (χ2n) is 3.83. The smallest absolute Gasteiger partial charge is 0.308 e. The van der Waals surface area contributed by atoms with Crippen molar-refractivity contribution in [1.29, 1.82) is 0 Å². The Labute approximate surface area is 104 Å². The maximum absolute atomic E-state index is 11.9. The van der Waals surface area contributed by atoms with Gasteiger partial charge in [0, 0.05) is 12.5 Å². The molecule has 0 N–H and O–H groups in total. The molecule has 0 amide bonds. The van der Waals surface area contributed by atoms with Gasteiger partial charge in [-0.15, -0.1) is 0 Å². The van der Waals surface area contributed by atoms with Crippen molar-refractivity contribution in [3.05, 3.63) is 39.9 Å². The van der Waals surface area contributed by atoms with Gasteiger partial charge >= 0.3 is 5.97 Å². The molecule has 0 fully saturated rings. The first-order valence-electron chi connectivity index (χ1n) is 5.31. The van der Waals surface area contributed by atoms with E-state index in [0.717, 1.165) is 0 Å². The first-order valence-corrected chi connectivity index (χ1v) is 5.31. The second kappa shape index (κ2) is 5.90. The van der Waals surface area contributed by atoms with E-state index in [2.05, 4.69) is 4.74 Å². The summed E-state index contributed by atoms with van der Waals surface area (Å²) in [6.07, 6.45) is -0.114. The van der Waals surface area contributed by atoms with Gasteiger partial charge in [0.2, 0.25) is 0 Å². The van der Waals surface area contributed by atoms with Crippen molar-refractivity contribution in [2.24, 2.45) is 5.92 Å². The average Bonchev–Trinajstić information content (AvgIpc) is 2.37. The lowest BCUT2D eigenvalue weighted by Crippen LogP contribution is -2.17. The molecule has 0 heterocycles. The lowest BCUT2D eigenvalue weighted by Gasteiger charge is -2.08. The van der Waals surface area contributed by atoms with Crippen LogP contribution in [-0.4, -0.2) is 23.8 Å². The minimum absolute atomic E-state index is 0.0123. The predicted molar refractivity (Wildman–Crippen MR) is 63.2 cm³/mol. The minimum Gasteiger partial charge on any atom is -0.469 e. The van der Waals surface area contributed by atoms with E-state index in [1.54, 1.807) is 13.0 Å². The van der Waals surface area contributed by atoms with Crippen molar-refractivity contribution in [2.45, 2.75) is 13.3 Å². The maximum atomic E-state index is 11.9. The molecule has 18 heavy (non-hydrogen) atoms. The molecule has 0 aliphatic heterocycles. The highest BCUT2D eigenvalue weighted by Gasteiger charge is 2.23. The van der Waals surface area contributed by atoms with Crippen LogP contribution < -0.4 is 0 Å². The lowest BCUT2D eigenvalue weighted by atomic mass is 9.99. The van der Waals surface area contributed by atoms with E-state index in [4.69, 9.17) is 0 Å². The zero-order valence-electron chi connectivity index (χ0n) is 10.1. The molecule has 0 saturated carbocycles. The molecule has 1 aromatic carbocycles. The van der Waals surface area contributed by atoms with E-state index in [0.29, 0.717) is 0 Å². The SMILES string of the molecule is COC(=O)C(C)CC(=O)c1ccccc1[N+](=O)[O-]. The number of nitro benzene ring substituents is 1. The Kier molecular flexibility index (Phi) is 4.53. The van der Waals surface area contributed by atoms with E-state index < -0.39 is 22.6 Å². The van der Waals surface area contributed by atoms with Gasteiger partial charge in [-0.1, -0.05) is 19.1 Å². The molecule has 96 valence electrons. The van der Waals surface area contributed by atoms with Gasteiger partial charge < -0.3 is 4.74 Å². The van der Waals surface area contributed by atoms with E-state index in [9.17, 15) is 19.7 Å². The number of Topliss-reactive ketones (excluding diaryl/α,β-unsaturated/α-hetero) is 1. The molecule has 0 saturated heterocycles. The van der Waals surface area contributed by atoms with Crippen molar-refractivity contribution < 1.29 is 19.2 Å². The summed E-state index contributed by atoms with van der Waals surface area (Å²) in [6, 6.07) is 5.67. The highest BCUT2D eigenvalue weighted by Crippen LogP contribution is 2.21. The Morgan fingerprint density at radius 2 is 2.00 bits per heavy atom. The molecular weight excluding hydrogens is 238 g/mol. The van der Waals surface area contributed by atoms with Crippen molar-refractivity contribution in [3.63, 3.8) is 0 Å². The Hall–Kier alpha value is -2.24. The lowest BCUT2D eigenvalue weighted by molar-refractivity contribution is -0.385. The van der Waals surface area contributed by atoms with E-state index in [1.807, 2.05) is 0 Å². The fourth-order valence-electron chi connectivity index (χ4n) is 1.54. The van der Waals surface area contributed by atoms with Crippen molar-refractivity contribution in [3.8, 4) is 0 Å². The van der Waals surface area contributed by atoms with Gasteiger partial charge in [0.25, 0.3) is 5.69 Å². The standard InChI is InChI=1S/C12H13NO5/c1-8(12(15)18-2)7-11(14)9-5-3-4-6-10(9)13(16)17/h3-6,8H,7H2,1-2H3. The number of rotatable bonds is 5. The topological polar surface area (TPSA) is 86.5 Å². The predicted octanol–water partition coefficient (Wildman–Crippen LogP) is 1.98. The summed E-state index contributed by atoms with van der Waals surface area (Å²) in [5.41, 5.74) is -0.238. The maximum Gasteiger partial charge on any atom is 0.308 e. The third-order valence-corrected chi connectivity index (χ3v) is 2.50. The molecular formula is C12H13NO5. The highest BCUT2D eigenvalue weighted by atomic mass is 16.6. The largest absolute Gasteiger partial charge is 0.469 e. The molecule has 0 aromatic heterocycles. The quantitative estimate of drug-likeness (QED) is 0.345. The van der Waals surface area contributed by atoms with Crippen LogP contribution in [0.4, 0.5) is 5.69 Å². The van der Waals surface area contributed by atoms with Crippen LogP contribution in [0.15, 0.2) is 24.3 Å². The van der Waals surface area contributed by atoms with Gasteiger partial charge in [-0.3, -0.25) is 19.7 Å². The van der Waals surface area contributed by atoms with Gasteiger partial charge in [0.15, 0.2) is 5.78 Å². The molecule has 6 nitrogen and oxygen atoms in total. The number of ketones is 1. The summed E-state index contributed by atoms with van der Waals surface area (Å²) in [4.78, 5) is 33.2. The molecule has 1 aromatic rings. The summed E-state index contributed by atoms with van der Waals surface area (Å²) in [7, 11) is 1.23. The van der Waals surface area contributed by atoms with E-state index in [1.165, 1.54) is 25.3 Å². The Balaban J connectivity index is 2.91. The number of nitrogens with zero attached hydrogens (tertiary/aromatic N) is 1. The molecule has 1 unspecified atom stereocenters. The average molecular weight is 251 g/mol. The molecule has 0 bridgehead atoms. The summed E-state index contributed by atoms with van der Waals surface area (Å²) >= 11 is 0. The minimum atomic E-state index is -0.623. The zero-order valence-corrected chi connectivity index (χ0v) is 10.1. The molecule has 0 radical (unpaired) electrons. The third kappa shape index (κ3) is 3.13. The summed E-state index contributed by atoms with van der Waals surface area (Å²) in [5.74, 6) is -1.58. The number of ether oxygens (including phenoxy) is 1. The van der Waals surface area contributed by atoms with Gasteiger partial charge in [-0.05, 0) is 6.07 Å². The van der Waals surface area contributed by atoms with Crippen LogP contribution in [0.5, 0.6) is 0 Å². The normalized spacial score (nSPS) is 11.7. The van der Waals surface area contributed by atoms with E-state index >= 15 is 0 Å². The van der Waals surface area contributed by atoms with Crippen LogP contribution in [0.2, 0.25) is 0 Å². The van der Waals surface area contributed by atoms with E-state index in [-0.39, 0.29) is 17.7 Å². The summed E-state index contributed by atoms with van der Waals surface area (Å²) in [5, 5.41) is 10.8. The fourth-order valence-corrected chi connectivity index (χ4v) is 1.54. The molecule has 0 aliphatic rings. The van der Waals surface area contributed by atoms with Crippen LogP contribution in [0.3, 0.4) is 0 Å². The van der Waals surface area contributed by atoms with Gasteiger partial charge in [-0.25, -0.2) is 0 Å². The van der Waals surface area contributed by atoms with Crippen LogP contribution in [0.1, 0.15) is 23.7 Å². The first kappa shape index (κ1) is 13.8. The van der Waals surface area contributed by atoms with Crippen molar-refractivity contribution >= 4 is 17.4 Å². The van der Waals surface area contributed by atoms with Crippen LogP contribution >= 0.6 is 0 Å². The van der Waals surface area contributed by atoms with Crippen molar-refractivity contribution in [1.82, 2.24) is 0 Å². The number of carbonyl (C=O) groups excluding carboxylic acids is 2. The molecule has 0 spiro atoms. The van der Waals surface area contributed by atoms with Crippen LogP contribution in [0, 0.1) is 16.0 Å². The number of carbonyl (C=O) groups is 2. The Morgan fingerprint density at radius 3 is 2.56 bits per heavy atom. The van der Waals surface area contributed by atoms with Crippen LogP contribution in [0.25, 0.3) is 0 Å². The zero-order chi connectivity index (χ0) is 13.7. The number of hydrogen-bond acceptors (Lipinski definition) is 5. The fraction of sp³-hybridized carbons (Fsp3) is 0.333. The third-order valence-electron chi connectivity index (χ3n) is 2.50. The van der Waals surface area contributed by atoms with Crippen molar-refractivity contribution in [2.75, 3.05) is 7.11 Å². The summed E-state index contributed by atoms with van der Waals surface area (Å²) in [6.45, 7) is 1.54. The number of benzene rings is 1. The monoisotopic (exact) mass is 251 g/mol. The number of hydrogen-bond donors (Lipinski definition) is 0. The second-order valence-corrected chi connectivity index (χ2v) is 3.83. The van der Waals surface area contributed by atoms with Crippen LogP contribution in [-0.2, 0) is 9.53 Å². The summed E-state index contributed by atoms with van der Waals surface area (Å²) < 4.78 is 4.50. The highest BCUT2D eigenvalue weighted by molar-refractivity contribution is 6.01.